The molecule has 1 aromatic carbocycles. The number of nitrogens with zero attached hydrogens (tertiary/aromatic N) is 2. The third-order valence-corrected chi connectivity index (χ3v) is 6.67. The Balaban J connectivity index is 1.83. The van der Waals surface area contributed by atoms with Crippen LogP contribution >= 0.6 is 11.3 Å². The zero-order valence-electron chi connectivity index (χ0n) is 16.5. The van der Waals surface area contributed by atoms with Gasteiger partial charge in [0.1, 0.15) is 21.4 Å². The molecule has 3 aromatic rings. The van der Waals surface area contributed by atoms with E-state index in [-0.39, 0.29) is 11.4 Å². The van der Waals surface area contributed by atoms with Gasteiger partial charge in [-0.1, -0.05) is 0 Å². The average molecular weight is 434 g/mol. The van der Waals surface area contributed by atoms with E-state index in [1.54, 1.807) is 31.5 Å². The molecule has 0 bridgehead atoms. The van der Waals surface area contributed by atoms with E-state index in [4.69, 9.17) is 9.47 Å². The fraction of sp³-hybridized carbons (Fsp3) is 0.300. The van der Waals surface area contributed by atoms with Gasteiger partial charge < -0.3 is 9.47 Å². The van der Waals surface area contributed by atoms with Crippen molar-refractivity contribution in [3.8, 4) is 22.1 Å². The monoisotopic (exact) mass is 433 g/mol. The summed E-state index contributed by atoms with van der Waals surface area (Å²) in [4.78, 5) is 9.54. The second kappa shape index (κ2) is 9.34. The highest BCUT2D eigenvalue weighted by atomic mass is 32.2. The first kappa shape index (κ1) is 21.2. The molecule has 7 nitrogen and oxygen atoms in total. The zero-order valence-corrected chi connectivity index (χ0v) is 18.1. The summed E-state index contributed by atoms with van der Waals surface area (Å²) in [7, 11) is -3.81. The Morgan fingerprint density at radius 3 is 2.62 bits per heavy atom. The smallest absolute Gasteiger partial charge is 0.244 e. The lowest BCUT2D eigenvalue weighted by atomic mass is 10.3. The van der Waals surface area contributed by atoms with Crippen molar-refractivity contribution in [2.45, 2.75) is 32.2 Å². The topological polar surface area (TPSA) is 90.4 Å². The van der Waals surface area contributed by atoms with Crippen LogP contribution in [-0.2, 0) is 16.6 Å². The van der Waals surface area contributed by atoms with Crippen LogP contribution in [0.1, 0.15) is 24.4 Å². The third kappa shape index (κ3) is 5.11. The lowest BCUT2D eigenvalue weighted by Crippen LogP contribution is -2.24. The van der Waals surface area contributed by atoms with Gasteiger partial charge in [-0.25, -0.2) is 18.1 Å². The number of ether oxygens (including phenoxy) is 2. The van der Waals surface area contributed by atoms with E-state index in [0.717, 1.165) is 21.1 Å². The number of thiazole rings is 1. The number of hydrogen-bond donors (Lipinski definition) is 1. The Kier molecular flexibility index (Phi) is 6.83. The van der Waals surface area contributed by atoms with Gasteiger partial charge in [0.05, 0.1) is 18.9 Å². The second-order valence-electron chi connectivity index (χ2n) is 6.07. The van der Waals surface area contributed by atoms with E-state index < -0.39 is 10.0 Å². The average Bonchev–Trinajstić information content (AvgIpc) is 3.09. The maximum Gasteiger partial charge on any atom is 0.244 e. The molecule has 0 atom stereocenters. The van der Waals surface area contributed by atoms with Gasteiger partial charge in [-0.3, -0.25) is 4.98 Å². The maximum atomic E-state index is 13.0. The quantitative estimate of drug-likeness (QED) is 0.552. The molecule has 9 heteroatoms. The summed E-state index contributed by atoms with van der Waals surface area (Å²) in [6, 6.07) is 8.56. The Hall–Kier alpha value is -2.49. The van der Waals surface area contributed by atoms with Crippen molar-refractivity contribution in [1.29, 1.82) is 0 Å². The molecule has 154 valence electrons. The SMILES string of the molecule is CCOc1ccc(OCC)c(S(=O)(=O)NCc2sc(-c3cccnc3)nc2C)c1. The number of nitrogens with one attached hydrogen (secondary N) is 1. The van der Waals surface area contributed by atoms with Crippen molar-refractivity contribution in [3.05, 3.63) is 53.3 Å². The molecular weight excluding hydrogens is 410 g/mol. The highest BCUT2D eigenvalue weighted by Gasteiger charge is 2.22. The van der Waals surface area contributed by atoms with Gasteiger partial charge in [-0.15, -0.1) is 11.3 Å². The lowest BCUT2D eigenvalue weighted by Gasteiger charge is -2.13. The number of hydrogen-bond acceptors (Lipinski definition) is 7. The predicted molar refractivity (Wildman–Crippen MR) is 113 cm³/mol. The summed E-state index contributed by atoms with van der Waals surface area (Å²) in [5.41, 5.74) is 1.68. The first-order valence-corrected chi connectivity index (χ1v) is 11.5. The first-order chi connectivity index (χ1) is 13.9. The Bertz CT molecular complexity index is 1070. The highest BCUT2D eigenvalue weighted by Crippen LogP contribution is 2.30. The van der Waals surface area contributed by atoms with Crippen molar-refractivity contribution < 1.29 is 17.9 Å². The fourth-order valence-corrected chi connectivity index (χ4v) is 4.91. The zero-order chi connectivity index (χ0) is 20.9. The third-order valence-electron chi connectivity index (χ3n) is 4.04. The molecule has 3 rings (SSSR count). The minimum Gasteiger partial charge on any atom is -0.494 e. The van der Waals surface area contributed by atoms with Gasteiger partial charge >= 0.3 is 0 Å². The molecule has 0 aliphatic heterocycles. The molecule has 0 aliphatic rings. The van der Waals surface area contributed by atoms with Crippen LogP contribution in [0.4, 0.5) is 0 Å². The van der Waals surface area contributed by atoms with E-state index in [0.29, 0.717) is 24.7 Å². The molecular formula is C20H23N3O4S2. The normalized spacial score (nSPS) is 11.4. The number of aromatic nitrogens is 2. The summed E-state index contributed by atoms with van der Waals surface area (Å²) < 4.78 is 39.6. The number of aryl methyl sites for hydroxylation is 1. The van der Waals surface area contributed by atoms with Crippen LogP contribution in [0.25, 0.3) is 10.6 Å². The molecule has 0 saturated carbocycles. The van der Waals surface area contributed by atoms with E-state index in [1.165, 1.54) is 17.4 Å². The molecule has 0 fully saturated rings. The Labute approximate surface area is 174 Å². The van der Waals surface area contributed by atoms with E-state index in [2.05, 4.69) is 14.7 Å². The van der Waals surface area contributed by atoms with Crippen LogP contribution in [-0.4, -0.2) is 31.6 Å². The number of sulfonamides is 1. The number of rotatable bonds is 9. The van der Waals surface area contributed by atoms with Gasteiger partial charge in [-0.05, 0) is 45.0 Å². The van der Waals surface area contributed by atoms with Crippen LogP contribution in [0.5, 0.6) is 11.5 Å². The first-order valence-electron chi connectivity index (χ1n) is 9.20. The molecule has 0 saturated heterocycles. The molecule has 2 aromatic heterocycles. The van der Waals surface area contributed by atoms with Crippen LogP contribution in [0.3, 0.4) is 0 Å². The predicted octanol–water partition coefficient (Wildman–Crippen LogP) is 3.79. The van der Waals surface area contributed by atoms with E-state index in [1.807, 2.05) is 26.0 Å². The molecule has 0 radical (unpaired) electrons. The maximum absolute atomic E-state index is 13.0. The molecule has 2 heterocycles. The minimum atomic E-state index is -3.81. The summed E-state index contributed by atoms with van der Waals surface area (Å²) >= 11 is 1.44. The van der Waals surface area contributed by atoms with Gasteiger partial charge in [0.15, 0.2) is 0 Å². The summed E-state index contributed by atoms with van der Waals surface area (Å²) in [5.74, 6) is 0.768. The van der Waals surface area contributed by atoms with Crippen LogP contribution in [0, 0.1) is 6.92 Å². The standard InChI is InChI=1S/C20H23N3O4S2/c1-4-26-16-8-9-17(27-5-2)19(11-16)29(24,25)22-13-18-14(3)23-20(28-18)15-7-6-10-21-12-15/h6-12,22H,4-5,13H2,1-3H3. The lowest BCUT2D eigenvalue weighted by molar-refractivity contribution is 0.322. The minimum absolute atomic E-state index is 0.0555. The van der Waals surface area contributed by atoms with Crippen molar-refractivity contribution in [3.63, 3.8) is 0 Å². The largest absolute Gasteiger partial charge is 0.494 e. The number of pyridine rings is 1. The summed E-state index contributed by atoms with van der Waals surface area (Å²) in [6.45, 7) is 6.45. The summed E-state index contributed by atoms with van der Waals surface area (Å²) in [5, 5.41) is 0.804. The summed E-state index contributed by atoms with van der Waals surface area (Å²) in [6.07, 6.45) is 3.44. The van der Waals surface area contributed by atoms with Crippen molar-refractivity contribution >= 4 is 21.4 Å². The van der Waals surface area contributed by atoms with Crippen molar-refractivity contribution in [1.82, 2.24) is 14.7 Å². The highest BCUT2D eigenvalue weighted by molar-refractivity contribution is 7.89. The van der Waals surface area contributed by atoms with Crippen molar-refractivity contribution in [2.24, 2.45) is 0 Å². The molecule has 0 spiro atoms. The molecule has 0 aliphatic carbocycles. The van der Waals surface area contributed by atoms with Crippen LogP contribution in [0.2, 0.25) is 0 Å². The number of benzene rings is 1. The van der Waals surface area contributed by atoms with Gasteiger partial charge in [-0.2, -0.15) is 0 Å². The van der Waals surface area contributed by atoms with Gasteiger partial charge in [0.2, 0.25) is 10.0 Å². The Morgan fingerprint density at radius 1 is 1.14 bits per heavy atom. The van der Waals surface area contributed by atoms with Crippen LogP contribution in [0.15, 0.2) is 47.6 Å². The molecule has 0 unspecified atom stereocenters. The fourth-order valence-electron chi connectivity index (χ4n) is 2.67. The molecule has 0 amide bonds. The van der Waals surface area contributed by atoms with Gasteiger partial charge in [0, 0.05) is 35.4 Å². The van der Waals surface area contributed by atoms with Crippen LogP contribution < -0.4 is 14.2 Å². The van der Waals surface area contributed by atoms with E-state index >= 15 is 0 Å². The molecule has 1 N–H and O–H groups in total. The second-order valence-corrected chi connectivity index (χ2v) is 8.89. The van der Waals surface area contributed by atoms with Crippen molar-refractivity contribution in [2.75, 3.05) is 13.2 Å². The van der Waals surface area contributed by atoms with E-state index in [9.17, 15) is 8.42 Å². The Morgan fingerprint density at radius 2 is 1.93 bits per heavy atom. The van der Waals surface area contributed by atoms with Gasteiger partial charge in [0.25, 0.3) is 0 Å². The molecule has 29 heavy (non-hydrogen) atoms.